The van der Waals surface area contributed by atoms with Crippen LogP contribution in [0.5, 0.6) is 0 Å². The summed E-state index contributed by atoms with van der Waals surface area (Å²) >= 11 is 5.90. The average molecular weight is 301 g/mol. The van der Waals surface area contributed by atoms with Crippen molar-refractivity contribution in [1.82, 2.24) is 0 Å². The third kappa shape index (κ3) is 3.23. The molecule has 21 heavy (non-hydrogen) atoms. The predicted octanol–water partition coefficient (Wildman–Crippen LogP) is 3.02. The second kappa shape index (κ2) is 5.58. The Labute approximate surface area is 127 Å². The molecule has 2 aromatic rings. The zero-order valence-corrected chi connectivity index (χ0v) is 11.9. The Balaban J connectivity index is 1.68. The first-order valence-corrected chi connectivity index (χ1v) is 6.95. The lowest BCUT2D eigenvalue weighted by molar-refractivity contribution is -0.116. The summed E-state index contributed by atoms with van der Waals surface area (Å²) < 4.78 is 0. The zero-order chi connectivity index (χ0) is 14.8. The lowest BCUT2D eigenvalue weighted by Gasteiger charge is -2.07. The number of anilines is 2. The van der Waals surface area contributed by atoms with Gasteiger partial charge in [0.2, 0.25) is 11.8 Å². The second-order valence-electron chi connectivity index (χ2n) is 4.95. The molecule has 106 valence electrons. The molecule has 0 saturated heterocycles. The number of rotatable bonds is 3. The summed E-state index contributed by atoms with van der Waals surface area (Å²) in [5.74, 6) is -0.137. The van der Waals surface area contributed by atoms with Crippen molar-refractivity contribution in [2.24, 2.45) is 0 Å². The molecule has 0 atom stereocenters. The lowest BCUT2D eigenvalue weighted by atomic mass is 10.1. The number of nitrogens with one attached hydrogen (secondary N) is 2. The van der Waals surface area contributed by atoms with E-state index >= 15 is 0 Å². The number of fused-ring (bicyclic) bond motifs is 1. The Morgan fingerprint density at radius 2 is 2.10 bits per heavy atom. The van der Waals surface area contributed by atoms with E-state index in [4.69, 9.17) is 11.6 Å². The highest BCUT2D eigenvalue weighted by molar-refractivity contribution is 6.30. The second-order valence-corrected chi connectivity index (χ2v) is 5.39. The van der Waals surface area contributed by atoms with Crippen LogP contribution in [0, 0.1) is 0 Å². The van der Waals surface area contributed by atoms with Crippen LogP contribution in [0.15, 0.2) is 42.5 Å². The maximum Gasteiger partial charge on any atom is 0.228 e. The normalized spacial score (nSPS) is 12.7. The van der Waals surface area contributed by atoms with Crippen LogP contribution in [0.4, 0.5) is 11.4 Å². The summed E-state index contributed by atoms with van der Waals surface area (Å²) in [5, 5.41) is 6.20. The van der Waals surface area contributed by atoms with Gasteiger partial charge >= 0.3 is 0 Å². The molecule has 0 aliphatic carbocycles. The van der Waals surface area contributed by atoms with E-state index in [9.17, 15) is 9.59 Å². The number of halogens is 1. The van der Waals surface area contributed by atoms with Crippen molar-refractivity contribution in [2.45, 2.75) is 12.8 Å². The molecule has 0 saturated carbocycles. The fourth-order valence-electron chi connectivity index (χ4n) is 2.34. The molecule has 0 unspecified atom stereocenters. The minimum absolute atomic E-state index is 0.0209. The van der Waals surface area contributed by atoms with Gasteiger partial charge in [0.15, 0.2) is 0 Å². The standard InChI is InChI=1S/C16H13ClN2O2/c17-12-3-1-2-10(6-12)7-15(20)18-13-4-5-14-11(8-13)9-16(21)19-14/h1-6,8H,7,9H2,(H,18,20)(H,19,21). The largest absolute Gasteiger partial charge is 0.326 e. The molecule has 0 bridgehead atoms. The minimum Gasteiger partial charge on any atom is -0.326 e. The zero-order valence-electron chi connectivity index (χ0n) is 11.2. The summed E-state index contributed by atoms with van der Waals surface area (Å²) in [6, 6.07) is 12.6. The maximum atomic E-state index is 12.0. The molecule has 2 amide bonds. The van der Waals surface area contributed by atoms with Crippen LogP contribution in [0.2, 0.25) is 5.02 Å². The number of hydrogen-bond donors (Lipinski definition) is 2. The van der Waals surface area contributed by atoms with Gasteiger partial charge in [0.25, 0.3) is 0 Å². The van der Waals surface area contributed by atoms with Gasteiger partial charge in [-0.15, -0.1) is 0 Å². The summed E-state index contributed by atoms with van der Waals surface area (Å²) in [6.07, 6.45) is 0.613. The Hall–Kier alpha value is -2.33. The van der Waals surface area contributed by atoms with Crippen molar-refractivity contribution in [3.05, 3.63) is 58.6 Å². The van der Waals surface area contributed by atoms with Gasteiger partial charge in [-0.25, -0.2) is 0 Å². The van der Waals surface area contributed by atoms with Crippen molar-refractivity contribution >= 4 is 34.8 Å². The Bertz CT molecular complexity index is 728. The molecule has 1 aliphatic rings. The lowest BCUT2D eigenvalue weighted by Crippen LogP contribution is -2.14. The third-order valence-electron chi connectivity index (χ3n) is 3.27. The van der Waals surface area contributed by atoms with Crippen LogP contribution >= 0.6 is 11.6 Å². The first kappa shape index (κ1) is 13.6. The molecule has 0 aromatic heterocycles. The van der Waals surface area contributed by atoms with Crippen LogP contribution in [-0.2, 0) is 22.4 Å². The fourth-order valence-corrected chi connectivity index (χ4v) is 2.56. The summed E-state index contributed by atoms with van der Waals surface area (Å²) in [4.78, 5) is 23.3. The first-order valence-electron chi connectivity index (χ1n) is 6.57. The van der Waals surface area contributed by atoms with E-state index in [-0.39, 0.29) is 18.2 Å². The van der Waals surface area contributed by atoms with Gasteiger partial charge in [-0.05, 0) is 41.5 Å². The Kier molecular flexibility index (Phi) is 3.62. The molecule has 0 fully saturated rings. The van der Waals surface area contributed by atoms with Crippen LogP contribution in [-0.4, -0.2) is 11.8 Å². The topological polar surface area (TPSA) is 58.2 Å². The molecular weight excluding hydrogens is 288 g/mol. The van der Waals surface area contributed by atoms with Gasteiger partial charge < -0.3 is 10.6 Å². The van der Waals surface area contributed by atoms with E-state index in [1.807, 2.05) is 18.2 Å². The molecule has 2 N–H and O–H groups in total. The number of hydrogen-bond acceptors (Lipinski definition) is 2. The van der Waals surface area contributed by atoms with Crippen molar-refractivity contribution in [3.8, 4) is 0 Å². The molecule has 0 radical (unpaired) electrons. The predicted molar refractivity (Wildman–Crippen MR) is 82.6 cm³/mol. The van der Waals surface area contributed by atoms with E-state index in [0.29, 0.717) is 17.1 Å². The fraction of sp³-hybridized carbons (Fsp3) is 0.125. The van der Waals surface area contributed by atoms with E-state index in [1.165, 1.54) is 0 Å². The van der Waals surface area contributed by atoms with Crippen molar-refractivity contribution in [3.63, 3.8) is 0 Å². The highest BCUT2D eigenvalue weighted by Crippen LogP contribution is 2.26. The molecule has 1 heterocycles. The van der Waals surface area contributed by atoms with Crippen LogP contribution in [0.3, 0.4) is 0 Å². The third-order valence-corrected chi connectivity index (χ3v) is 3.50. The molecule has 0 spiro atoms. The average Bonchev–Trinajstić information content (AvgIpc) is 2.78. The Morgan fingerprint density at radius 3 is 2.90 bits per heavy atom. The van der Waals surface area contributed by atoms with Gasteiger partial charge in [0.1, 0.15) is 0 Å². The van der Waals surface area contributed by atoms with E-state index < -0.39 is 0 Å². The molecule has 4 nitrogen and oxygen atoms in total. The minimum atomic E-state index is -0.116. The van der Waals surface area contributed by atoms with Gasteiger partial charge in [-0.1, -0.05) is 23.7 Å². The smallest absolute Gasteiger partial charge is 0.228 e. The first-order chi connectivity index (χ1) is 10.1. The summed E-state index contributed by atoms with van der Waals surface area (Å²) in [5.41, 5.74) is 3.27. The van der Waals surface area contributed by atoms with Crippen LogP contribution < -0.4 is 10.6 Å². The number of benzene rings is 2. The van der Waals surface area contributed by atoms with Gasteiger partial charge in [-0.3, -0.25) is 9.59 Å². The van der Waals surface area contributed by atoms with Crippen molar-refractivity contribution < 1.29 is 9.59 Å². The van der Waals surface area contributed by atoms with Gasteiger partial charge in [0.05, 0.1) is 12.8 Å². The molecule has 3 rings (SSSR count). The van der Waals surface area contributed by atoms with Crippen molar-refractivity contribution in [2.75, 3.05) is 10.6 Å². The highest BCUT2D eigenvalue weighted by atomic mass is 35.5. The number of amides is 2. The van der Waals surface area contributed by atoms with Gasteiger partial charge in [0, 0.05) is 16.4 Å². The van der Waals surface area contributed by atoms with Crippen LogP contribution in [0.25, 0.3) is 0 Å². The number of carbonyl (C=O) groups excluding carboxylic acids is 2. The molecule has 5 heteroatoms. The SMILES string of the molecule is O=C(Cc1cccc(Cl)c1)Nc1ccc2c(c1)CC(=O)N2. The summed E-state index contributed by atoms with van der Waals surface area (Å²) in [6.45, 7) is 0. The number of carbonyl (C=O) groups is 2. The monoisotopic (exact) mass is 300 g/mol. The highest BCUT2D eigenvalue weighted by Gasteiger charge is 2.17. The van der Waals surface area contributed by atoms with Crippen molar-refractivity contribution in [1.29, 1.82) is 0 Å². The summed E-state index contributed by atoms with van der Waals surface area (Å²) in [7, 11) is 0. The van der Waals surface area contributed by atoms with Gasteiger partial charge in [-0.2, -0.15) is 0 Å². The van der Waals surface area contributed by atoms with Crippen LogP contribution in [0.1, 0.15) is 11.1 Å². The van der Waals surface area contributed by atoms with E-state index in [2.05, 4.69) is 10.6 Å². The molecule has 2 aromatic carbocycles. The Morgan fingerprint density at radius 1 is 1.24 bits per heavy atom. The molecular formula is C16H13ClN2O2. The van der Waals surface area contributed by atoms with E-state index in [1.54, 1.807) is 24.3 Å². The molecule has 1 aliphatic heterocycles. The quantitative estimate of drug-likeness (QED) is 0.915. The maximum absolute atomic E-state index is 12.0. The van der Waals surface area contributed by atoms with E-state index in [0.717, 1.165) is 16.8 Å².